The summed E-state index contributed by atoms with van der Waals surface area (Å²) in [5.74, 6) is -0.135. The van der Waals surface area contributed by atoms with E-state index >= 15 is 0 Å². The maximum atomic E-state index is 14.1. The van der Waals surface area contributed by atoms with Crippen LogP contribution in [0.5, 0.6) is 5.75 Å². The Morgan fingerprint density at radius 2 is 2.28 bits per heavy atom. The van der Waals surface area contributed by atoms with Crippen molar-refractivity contribution in [2.24, 2.45) is 5.92 Å². The lowest BCUT2D eigenvalue weighted by Crippen LogP contribution is -2.38. The minimum absolute atomic E-state index is 0.0602. The summed E-state index contributed by atoms with van der Waals surface area (Å²) in [4.78, 5) is 4.06. The molecule has 1 aliphatic rings. The average Bonchev–Trinajstić information content (AvgIpc) is 3.25. The number of hydrogen-bond acceptors (Lipinski definition) is 5. The van der Waals surface area contributed by atoms with E-state index in [0.717, 1.165) is 0 Å². The summed E-state index contributed by atoms with van der Waals surface area (Å²) in [5.41, 5.74) is 0.665. The van der Waals surface area contributed by atoms with E-state index in [4.69, 9.17) is 4.74 Å². The number of pyridine rings is 1. The smallest absolute Gasteiger partial charge is 0.281 e. The molecule has 10 heteroatoms. The van der Waals surface area contributed by atoms with Gasteiger partial charge in [0.1, 0.15) is 11.4 Å². The molecule has 1 N–H and O–H groups in total. The third kappa shape index (κ3) is 3.80. The number of rotatable bonds is 6. The quantitative estimate of drug-likeness (QED) is 0.824. The highest BCUT2D eigenvalue weighted by Gasteiger charge is 2.33. The van der Waals surface area contributed by atoms with Crippen molar-refractivity contribution in [2.75, 3.05) is 33.8 Å². The Balaban J connectivity index is 1.59. The van der Waals surface area contributed by atoms with E-state index < -0.39 is 16.0 Å². The predicted molar refractivity (Wildman–Crippen MR) is 89.6 cm³/mol. The molecule has 2 aromatic heterocycles. The van der Waals surface area contributed by atoms with Crippen LogP contribution in [0.25, 0.3) is 11.4 Å². The number of halogens is 1. The summed E-state index contributed by atoms with van der Waals surface area (Å²) in [6, 6.07) is 2.90. The van der Waals surface area contributed by atoms with Crippen LogP contribution in [0.1, 0.15) is 6.42 Å². The standard InChI is InChI=1S/C15H20FN5O3S/c1-20(2)25(22,23)21-6-4-11(9-21)10-24-12-7-13(16)15(17-8-12)14-3-5-18-19-14/h3,5,7-8,11H,4,6,9-10H2,1-2H3,(H,18,19)/t11-/m1/s1. The lowest BCUT2D eigenvalue weighted by molar-refractivity contribution is 0.252. The van der Waals surface area contributed by atoms with Crippen LogP contribution in [-0.2, 0) is 10.2 Å². The fraction of sp³-hybridized carbons (Fsp3) is 0.467. The van der Waals surface area contributed by atoms with Crippen molar-refractivity contribution in [2.45, 2.75) is 6.42 Å². The van der Waals surface area contributed by atoms with Gasteiger partial charge in [0.15, 0.2) is 5.82 Å². The molecule has 1 atom stereocenters. The third-order valence-electron chi connectivity index (χ3n) is 4.09. The van der Waals surface area contributed by atoms with Crippen molar-refractivity contribution in [3.05, 3.63) is 30.3 Å². The molecule has 2 aromatic rings. The number of H-pyrrole nitrogens is 1. The molecular weight excluding hydrogens is 349 g/mol. The minimum Gasteiger partial charge on any atom is -0.492 e. The first kappa shape index (κ1) is 17.8. The van der Waals surface area contributed by atoms with Gasteiger partial charge in [-0.05, 0) is 12.5 Å². The van der Waals surface area contributed by atoms with E-state index in [2.05, 4.69) is 15.2 Å². The topological polar surface area (TPSA) is 91.4 Å². The summed E-state index contributed by atoms with van der Waals surface area (Å²) in [7, 11) is -0.383. The fourth-order valence-electron chi connectivity index (χ4n) is 2.67. The molecule has 136 valence electrons. The second kappa shape index (κ2) is 7.06. The van der Waals surface area contributed by atoms with Crippen molar-refractivity contribution < 1.29 is 17.5 Å². The average molecular weight is 369 g/mol. The number of nitrogens with zero attached hydrogens (tertiary/aromatic N) is 4. The highest BCUT2D eigenvalue weighted by atomic mass is 32.2. The lowest BCUT2D eigenvalue weighted by atomic mass is 10.1. The monoisotopic (exact) mass is 369 g/mol. The second-order valence-corrected chi connectivity index (χ2v) is 8.23. The minimum atomic E-state index is -3.40. The maximum Gasteiger partial charge on any atom is 0.281 e. The predicted octanol–water partition coefficient (Wildman–Crippen LogP) is 1.12. The van der Waals surface area contributed by atoms with Crippen LogP contribution < -0.4 is 4.74 Å². The molecule has 0 saturated carbocycles. The fourth-order valence-corrected chi connectivity index (χ4v) is 3.87. The Morgan fingerprint density at radius 1 is 1.48 bits per heavy atom. The van der Waals surface area contributed by atoms with Crippen molar-refractivity contribution in [3.63, 3.8) is 0 Å². The van der Waals surface area contributed by atoms with Gasteiger partial charge in [0, 0.05) is 45.4 Å². The van der Waals surface area contributed by atoms with Gasteiger partial charge in [-0.2, -0.15) is 22.1 Å². The molecule has 1 fully saturated rings. The van der Waals surface area contributed by atoms with E-state index in [-0.39, 0.29) is 11.6 Å². The van der Waals surface area contributed by atoms with Crippen LogP contribution in [0, 0.1) is 11.7 Å². The maximum absolute atomic E-state index is 14.1. The van der Waals surface area contributed by atoms with Gasteiger partial charge in [-0.3, -0.25) is 5.10 Å². The molecule has 0 bridgehead atoms. The molecule has 0 unspecified atom stereocenters. The normalized spacial score (nSPS) is 18.8. The molecule has 0 aromatic carbocycles. The molecule has 3 rings (SSSR count). The number of hydrogen-bond donors (Lipinski definition) is 1. The zero-order chi connectivity index (χ0) is 18.0. The number of nitrogens with one attached hydrogen (secondary N) is 1. The first-order chi connectivity index (χ1) is 11.9. The van der Waals surface area contributed by atoms with E-state index in [0.29, 0.717) is 37.6 Å². The second-order valence-electron chi connectivity index (χ2n) is 6.09. The van der Waals surface area contributed by atoms with Crippen LogP contribution in [0.4, 0.5) is 4.39 Å². The SMILES string of the molecule is CN(C)S(=O)(=O)N1CC[C@@H](COc2cnc(-c3ccn[nH]3)c(F)c2)C1. The van der Waals surface area contributed by atoms with Crippen molar-refractivity contribution in [1.82, 2.24) is 23.8 Å². The summed E-state index contributed by atoms with van der Waals surface area (Å²) in [6.45, 7) is 1.16. The Bertz CT molecular complexity index is 826. The third-order valence-corrected chi connectivity index (χ3v) is 6.00. The van der Waals surface area contributed by atoms with Crippen LogP contribution in [0.3, 0.4) is 0 Å². The van der Waals surface area contributed by atoms with Gasteiger partial charge < -0.3 is 4.74 Å². The molecule has 0 radical (unpaired) electrons. The highest BCUT2D eigenvalue weighted by molar-refractivity contribution is 7.86. The summed E-state index contributed by atoms with van der Waals surface area (Å²) in [5, 5.41) is 6.43. The first-order valence-electron chi connectivity index (χ1n) is 7.83. The van der Waals surface area contributed by atoms with Gasteiger partial charge in [0.2, 0.25) is 0 Å². The van der Waals surface area contributed by atoms with E-state index in [9.17, 15) is 12.8 Å². The molecule has 0 amide bonds. The van der Waals surface area contributed by atoms with Gasteiger partial charge in [0.25, 0.3) is 10.2 Å². The Morgan fingerprint density at radius 3 is 2.92 bits per heavy atom. The molecule has 3 heterocycles. The highest BCUT2D eigenvalue weighted by Crippen LogP contribution is 2.24. The molecule has 0 aliphatic carbocycles. The molecule has 1 saturated heterocycles. The van der Waals surface area contributed by atoms with Gasteiger partial charge in [0.05, 0.1) is 18.5 Å². The molecule has 1 aliphatic heterocycles. The van der Waals surface area contributed by atoms with Gasteiger partial charge in [-0.1, -0.05) is 0 Å². The largest absolute Gasteiger partial charge is 0.492 e. The van der Waals surface area contributed by atoms with E-state index in [1.54, 1.807) is 6.07 Å². The molecule has 8 nitrogen and oxygen atoms in total. The summed E-state index contributed by atoms with van der Waals surface area (Å²) < 4.78 is 46.5. The van der Waals surface area contributed by atoms with Gasteiger partial charge >= 0.3 is 0 Å². The van der Waals surface area contributed by atoms with Crippen molar-refractivity contribution >= 4 is 10.2 Å². The zero-order valence-corrected chi connectivity index (χ0v) is 14.8. The van der Waals surface area contributed by atoms with Crippen LogP contribution in [0.15, 0.2) is 24.5 Å². The van der Waals surface area contributed by atoms with Crippen LogP contribution in [0.2, 0.25) is 0 Å². The lowest BCUT2D eigenvalue weighted by Gasteiger charge is -2.20. The molecule has 0 spiro atoms. The van der Waals surface area contributed by atoms with Gasteiger partial charge in [-0.25, -0.2) is 9.37 Å². The summed E-state index contributed by atoms with van der Waals surface area (Å²) >= 11 is 0. The van der Waals surface area contributed by atoms with Crippen molar-refractivity contribution in [1.29, 1.82) is 0 Å². The van der Waals surface area contributed by atoms with Crippen molar-refractivity contribution in [3.8, 4) is 17.1 Å². The Hall–Kier alpha value is -2.04. The zero-order valence-electron chi connectivity index (χ0n) is 14.0. The number of aromatic amines is 1. The Labute approximate surface area is 145 Å². The van der Waals surface area contributed by atoms with E-state index in [1.807, 2.05) is 0 Å². The molecular formula is C15H20FN5O3S. The summed E-state index contributed by atoms with van der Waals surface area (Å²) in [6.07, 6.45) is 3.67. The first-order valence-corrected chi connectivity index (χ1v) is 9.23. The van der Waals surface area contributed by atoms with Gasteiger partial charge in [-0.15, -0.1) is 0 Å². The van der Waals surface area contributed by atoms with Crippen LogP contribution in [-0.4, -0.2) is 66.0 Å². The number of ether oxygens (including phenoxy) is 1. The van der Waals surface area contributed by atoms with Crippen LogP contribution >= 0.6 is 0 Å². The Kier molecular flexibility index (Phi) is 5.02. The number of aromatic nitrogens is 3. The molecule has 25 heavy (non-hydrogen) atoms. The van der Waals surface area contributed by atoms with E-state index in [1.165, 1.54) is 41.2 Å².